The highest BCUT2D eigenvalue weighted by Crippen LogP contribution is 2.34. The van der Waals surface area contributed by atoms with Crippen molar-refractivity contribution in [3.05, 3.63) is 90.5 Å². The van der Waals surface area contributed by atoms with Crippen molar-refractivity contribution in [2.75, 3.05) is 12.1 Å². The fraction of sp³-hybridized carbons (Fsp3) is 0.0833. The number of anilines is 1. The Morgan fingerprint density at radius 2 is 1.29 bits per heavy atom. The van der Waals surface area contributed by atoms with Crippen LogP contribution in [0.3, 0.4) is 0 Å². The van der Waals surface area contributed by atoms with E-state index in [0.29, 0.717) is 0 Å². The number of para-hydroxylation sites is 3. The molecule has 136 valence electrons. The maximum atomic E-state index is 4.99. The Bertz CT molecular complexity index is 1270. The molecular weight excluding hydrogens is 344 g/mol. The van der Waals surface area contributed by atoms with Gasteiger partial charge in [-0.15, -0.1) is 0 Å². The topological polar surface area (TPSA) is 34.0 Å². The van der Waals surface area contributed by atoms with Crippen LogP contribution in [-0.4, -0.2) is 21.7 Å². The van der Waals surface area contributed by atoms with Crippen LogP contribution < -0.4 is 5.01 Å². The molecule has 0 atom stereocenters. The van der Waals surface area contributed by atoms with Crippen molar-refractivity contribution in [3.63, 3.8) is 0 Å². The van der Waals surface area contributed by atoms with Crippen molar-refractivity contribution in [2.24, 2.45) is 0 Å². The van der Waals surface area contributed by atoms with Crippen LogP contribution in [0.15, 0.2) is 84.9 Å². The second kappa shape index (κ2) is 6.50. The van der Waals surface area contributed by atoms with Gasteiger partial charge in [0.1, 0.15) is 5.52 Å². The van der Waals surface area contributed by atoms with Gasteiger partial charge in [-0.3, -0.25) is 5.01 Å². The first kappa shape index (κ1) is 16.5. The standard InChI is InChI=1S/C24H20N4/c1-17-22-24(26-21-16-10-9-15-20(21)25-22)28(23(17)18-11-5-3-6-12-18)27(2)19-13-7-4-8-14-19/h3-16H,1-2H3. The van der Waals surface area contributed by atoms with Gasteiger partial charge in [-0.05, 0) is 31.2 Å². The van der Waals surface area contributed by atoms with Gasteiger partial charge in [0.2, 0.25) is 0 Å². The van der Waals surface area contributed by atoms with Gasteiger partial charge in [0.25, 0.3) is 0 Å². The smallest absolute Gasteiger partial charge is 0.179 e. The van der Waals surface area contributed by atoms with Gasteiger partial charge in [-0.1, -0.05) is 60.7 Å². The van der Waals surface area contributed by atoms with Crippen molar-refractivity contribution in [3.8, 4) is 11.3 Å². The number of fused-ring (bicyclic) bond motifs is 2. The third kappa shape index (κ3) is 2.54. The average molecular weight is 364 g/mol. The van der Waals surface area contributed by atoms with Crippen LogP contribution in [0.5, 0.6) is 0 Å². The molecule has 4 nitrogen and oxygen atoms in total. The van der Waals surface area contributed by atoms with Gasteiger partial charge in [0.05, 0.1) is 22.4 Å². The molecule has 0 aliphatic carbocycles. The molecule has 0 radical (unpaired) electrons. The quantitative estimate of drug-likeness (QED) is 0.426. The minimum Gasteiger partial charge on any atom is -0.282 e. The van der Waals surface area contributed by atoms with E-state index in [1.54, 1.807) is 0 Å². The molecular formula is C24H20N4. The van der Waals surface area contributed by atoms with Gasteiger partial charge < -0.3 is 0 Å². The summed E-state index contributed by atoms with van der Waals surface area (Å²) in [6.07, 6.45) is 0. The number of benzene rings is 3. The average Bonchev–Trinajstić information content (AvgIpc) is 3.04. The molecule has 0 amide bonds. The molecule has 3 aromatic carbocycles. The van der Waals surface area contributed by atoms with E-state index in [4.69, 9.17) is 9.97 Å². The van der Waals surface area contributed by atoms with Crippen LogP contribution in [0, 0.1) is 6.92 Å². The molecule has 0 N–H and O–H groups in total. The molecule has 0 spiro atoms. The minimum atomic E-state index is 0.862. The predicted octanol–water partition coefficient (Wildman–Crippen LogP) is 5.46. The van der Waals surface area contributed by atoms with Crippen molar-refractivity contribution in [1.29, 1.82) is 0 Å². The maximum absolute atomic E-state index is 4.99. The molecule has 4 heteroatoms. The van der Waals surface area contributed by atoms with Crippen LogP contribution >= 0.6 is 0 Å². The molecule has 0 saturated carbocycles. The van der Waals surface area contributed by atoms with Crippen LogP contribution in [-0.2, 0) is 0 Å². The molecule has 0 aliphatic rings. The summed E-state index contributed by atoms with van der Waals surface area (Å²) in [4.78, 5) is 9.94. The van der Waals surface area contributed by atoms with E-state index < -0.39 is 0 Å². The summed E-state index contributed by atoms with van der Waals surface area (Å²) in [5.41, 5.74) is 8.08. The lowest BCUT2D eigenvalue weighted by atomic mass is 10.1. The van der Waals surface area contributed by atoms with Crippen LogP contribution in [0.1, 0.15) is 5.56 Å². The summed E-state index contributed by atoms with van der Waals surface area (Å²) in [5, 5.41) is 2.14. The number of nitrogens with zero attached hydrogens (tertiary/aromatic N) is 4. The lowest BCUT2D eigenvalue weighted by Gasteiger charge is -2.24. The van der Waals surface area contributed by atoms with Gasteiger partial charge >= 0.3 is 0 Å². The molecule has 28 heavy (non-hydrogen) atoms. The largest absolute Gasteiger partial charge is 0.282 e. The fourth-order valence-electron chi connectivity index (χ4n) is 3.75. The van der Waals surface area contributed by atoms with Gasteiger partial charge in [-0.25, -0.2) is 14.6 Å². The highest BCUT2D eigenvalue weighted by molar-refractivity contribution is 5.92. The third-order valence-electron chi connectivity index (χ3n) is 5.15. The Hall–Kier alpha value is -3.66. The lowest BCUT2D eigenvalue weighted by molar-refractivity contribution is 0.805. The molecule has 0 aliphatic heterocycles. The van der Waals surface area contributed by atoms with Gasteiger partial charge in [-0.2, -0.15) is 0 Å². The first-order valence-electron chi connectivity index (χ1n) is 9.36. The Morgan fingerprint density at radius 1 is 0.714 bits per heavy atom. The summed E-state index contributed by atoms with van der Waals surface area (Å²) in [6, 6.07) is 28.8. The highest BCUT2D eigenvalue weighted by atomic mass is 15.6. The number of rotatable bonds is 3. The van der Waals surface area contributed by atoms with E-state index in [9.17, 15) is 0 Å². The van der Waals surface area contributed by atoms with E-state index in [1.807, 2.05) is 48.5 Å². The summed E-state index contributed by atoms with van der Waals surface area (Å²) in [5.74, 6) is 0. The van der Waals surface area contributed by atoms with Gasteiger partial charge in [0.15, 0.2) is 5.65 Å². The van der Waals surface area contributed by atoms with E-state index in [1.165, 1.54) is 0 Å². The number of hydrogen-bond donors (Lipinski definition) is 0. The van der Waals surface area contributed by atoms with Crippen molar-refractivity contribution >= 4 is 27.9 Å². The van der Waals surface area contributed by atoms with E-state index in [2.05, 4.69) is 60.1 Å². The lowest BCUT2D eigenvalue weighted by Crippen LogP contribution is -2.25. The van der Waals surface area contributed by atoms with Crippen LogP contribution in [0.2, 0.25) is 0 Å². The number of aromatic nitrogens is 3. The normalized spacial score (nSPS) is 11.2. The number of hydrogen-bond acceptors (Lipinski definition) is 3. The highest BCUT2D eigenvalue weighted by Gasteiger charge is 2.21. The molecule has 5 aromatic rings. The molecule has 0 saturated heterocycles. The molecule has 5 rings (SSSR count). The monoisotopic (exact) mass is 364 g/mol. The third-order valence-corrected chi connectivity index (χ3v) is 5.15. The first-order valence-corrected chi connectivity index (χ1v) is 9.36. The molecule has 0 bridgehead atoms. The minimum absolute atomic E-state index is 0.862. The van der Waals surface area contributed by atoms with Crippen LogP contribution in [0.25, 0.3) is 33.5 Å². The molecule has 2 heterocycles. The Kier molecular flexibility index (Phi) is 3.83. The Balaban J connectivity index is 1.88. The predicted molar refractivity (Wildman–Crippen MR) is 115 cm³/mol. The Labute approximate surface area is 163 Å². The van der Waals surface area contributed by atoms with E-state index in [0.717, 1.165) is 44.7 Å². The second-order valence-corrected chi connectivity index (χ2v) is 6.90. The maximum Gasteiger partial charge on any atom is 0.179 e. The van der Waals surface area contributed by atoms with Gasteiger partial charge in [0, 0.05) is 18.2 Å². The van der Waals surface area contributed by atoms with Crippen molar-refractivity contribution in [1.82, 2.24) is 14.6 Å². The first-order chi connectivity index (χ1) is 13.7. The van der Waals surface area contributed by atoms with Crippen molar-refractivity contribution < 1.29 is 0 Å². The molecule has 0 fully saturated rings. The molecule has 0 unspecified atom stereocenters. The Morgan fingerprint density at radius 3 is 1.96 bits per heavy atom. The van der Waals surface area contributed by atoms with E-state index >= 15 is 0 Å². The summed E-state index contributed by atoms with van der Waals surface area (Å²) in [6.45, 7) is 2.13. The fourth-order valence-corrected chi connectivity index (χ4v) is 3.75. The number of aryl methyl sites for hydroxylation is 1. The summed E-state index contributed by atoms with van der Waals surface area (Å²) in [7, 11) is 2.07. The zero-order valence-electron chi connectivity index (χ0n) is 15.9. The second-order valence-electron chi connectivity index (χ2n) is 6.90. The van der Waals surface area contributed by atoms with Crippen LogP contribution in [0.4, 0.5) is 5.69 Å². The van der Waals surface area contributed by atoms with E-state index in [-0.39, 0.29) is 0 Å². The zero-order chi connectivity index (χ0) is 19.1. The zero-order valence-corrected chi connectivity index (χ0v) is 15.9. The van der Waals surface area contributed by atoms with Crippen molar-refractivity contribution in [2.45, 2.75) is 6.92 Å². The SMILES string of the molecule is Cc1c(-c2ccccc2)n(N(C)c2ccccc2)c2nc3ccccc3nc12. The summed E-state index contributed by atoms with van der Waals surface area (Å²) >= 11 is 0. The summed E-state index contributed by atoms with van der Waals surface area (Å²) < 4.78 is 2.18. The molecule has 2 aromatic heterocycles.